The average Bonchev–Trinajstić information content (AvgIpc) is 3.22. The van der Waals surface area contributed by atoms with Gasteiger partial charge in [0.15, 0.2) is 0 Å². The zero-order valence-corrected chi connectivity index (χ0v) is 23.8. The lowest BCUT2D eigenvalue weighted by Gasteiger charge is -2.48. The summed E-state index contributed by atoms with van der Waals surface area (Å²) in [6.07, 6.45) is 3.58. The molecule has 4 aromatic rings. The first-order valence-electron chi connectivity index (χ1n) is 13.3. The zero-order chi connectivity index (χ0) is 28.0. The fraction of sp³-hybridized carbons (Fsp3) is 0.267. The van der Waals surface area contributed by atoms with Gasteiger partial charge in [-0.15, -0.1) is 11.8 Å². The van der Waals surface area contributed by atoms with E-state index in [2.05, 4.69) is 0 Å². The second-order valence-corrected chi connectivity index (χ2v) is 13.4. The number of piperidine rings is 1. The molecule has 0 bridgehead atoms. The summed E-state index contributed by atoms with van der Waals surface area (Å²) >= 11 is 1.57. The van der Waals surface area contributed by atoms with Gasteiger partial charge in [0.1, 0.15) is 12.1 Å². The van der Waals surface area contributed by atoms with Crippen LogP contribution in [0.25, 0.3) is 5.69 Å². The van der Waals surface area contributed by atoms with Crippen molar-refractivity contribution in [1.29, 1.82) is 0 Å². The molecule has 0 spiro atoms. The molecule has 0 aliphatic carbocycles. The van der Waals surface area contributed by atoms with Crippen LogP contribution in [0.15, 0.2) is 112 Å². The number of rotatable bonds is 6. The van der Waals surface area contributed by atoms with Gasteiger partial charge < -0.3 is 0 Å². The molecule has 0 unspecified atom stereocenters. The Labute approximate surface area is 237 Å². The number of hydrogen-bond donors (Lipinski definition) is 0. The molecule has 0 radical (unpaired) electrons. The summed E-state index contributed by atoms with van der Waals surface area (Å²) < 4.78 is 32.5. The summed E-state index contributed by atoms with van der Waals surface area (Å²) in [5.74, 6) is 0.494. The van der Waals surface area contributed by atoms with Crippen LogP contribution in [0.2, 0.25) is 0 Å². The third-order valence-corrected chi connectivity index (χ3v) is 10.1. The van der Waals surface area contributed by atoms with E-state index in [0.717, 1.165) is 16.9 Å². The lowest BCUT2D eigenvalue weighted by atomic mass is 9.82. The van der Waals surface area contributed by atoms with Gasteiger partial charge in [0, 0.05) is 5.92 Å². The van der Waals surface area contributed by atoms with E-state index in [1.165, 1.54) is 24.5 Å². The number of aromatic nitrogens is 3. The lowest BCUT2D eigenvalue weighted by molar-refractivity contribution is 0.217. The van der Waals surface area contributed by atoms with E-state index in [1.54, 1.807) is 36.0 Å². The summed E-state index contributed by atoms with van der Waals surface area (Å²) in [6, 6.07) is 26.8. The largest absolute Gasteiger partial charge is 0.352 e. The summed E-state index contributed by atoms with van der Waals surface area (Å²) in [7, 11) is -3.72. The highest BCUT2D eigenvalue weighted by Crippen LogP contribution is 2.50. The van der Waals surface area contributed by atoms with Crippen molar-refractivity contribution in [3.8, 4) is 5.69 Å². The van der Waals surface area contributed by atoms with Crippen LogP contribution in [0.1, 0.15) is 42.5 Å². The van der Waals surface area contributed by atoms with Gasteiger partial charge in [-0.2, -0.15) is 0 Å². The Hall–Kier alpha value is -3.76. The number of nitrogens with zero attached hydrogens (tertiary/aromatic N) is 4. The van der Waals surface area contributed by atoms with Gasteiger partial charge in [0.05, 0.1) is 23.0 Å². The van der Waals surface area contributed by atoms with Crippen LogP contribution in [0.5, 0.6) is 0 Å². The second-order valence-electron chi connectivity index (χ2n) is 10.0. The fourth-order valence-corrected chi connectivity index (χ4v) is 8.76. The van der Waals surface area contributed by atoms with Gasteiger partial charge in [-0.05, 0) is 41.5 Å². The first-order chi connectivity index (χ1) is 19.3. The number of fused-ring (bicyclic) bond motifs is 3. The predicted octanol–water partition coefficient (Wildman–Crippen LogP) is 4.36. The van der Waals surface area contributed by atoms with Gasteiger partial charge in [-0.25, -0.2) is 31.9 Å². The Balaban J connectivity index is 1.69. The third-order valence-electron chi connectivity index (χ3n) is 7.62. The quantitative estimate of drug-likeness (QED) is 0.342. The van der Waals surface area contributed by atoms with Crippen LogP contribution >= 0.6 is 11.8 Å². The highest BCUT2D eigenvalue weighted by molar-refractivity contribution is 8.00. The summed E-state index contributed by atoms with van der Waals surface area (Å²) in [6.45, 7) is 2.01. The van der Waals surface area contributed by atoms with Crippen molar-refractivity contribution < 1.29 is 8.42 Å². The molecule has 206 valence electrons. The Bertz CT molecular complexity index is 1780. The molecule has 10 heteroatoms. The van der Waals surface area contributed by atoms with Crippen LogP contribution in [0.4, 0.5) is 0 Å². The maximum Gasteiger partial charge on any atom is 0.352 e. The number of benzene rings is 3. The number of thioether (sulfide) groups is 1. The van der Waals surface area contributed by atoms with E-state index in [0.29, 0.717) is 17.8 Å². The SMILES string of the molecule is CCS[C@@H]1C[C@H](c2ccccc2)[C@@H]2C(=C[C@H](c3ccccc3)n3c(=O)n(-c4ccccc4)c(=O)n32)N1S(C)(=O)=O. The fourth-order valence-electron chi connectivity index (χ4n) is 6.06. The molecule has 3 heterocycles. The summed E-state index contributed by atoms with van der Waals surface area (Å²) in [5, 5.41) is -0.352. The number of sulfonamides is 1. The highest BCUT2D eigenvalue weighted by Gasteiger charge is 2.49. The van der Waals surface area contributed by atoms with Crippen molar-refractivity contribution in [3.63, 3.8) is 0 Å². The molecule has 6 rings (SSSR count). The molecule has 0 saturated carbocycles. The Morgan fingerprint density at radius 1 is 0.800 bits per heavy atom. The Morgan fingerprint density at radius 2 is 1.35 bits per heavy atom. The second kappa shape index (κ2) is 10.3. The minimum Gasteiger partial charge on any atom is -0.259 e. The van der Waals surface area contributed by atoms with Gasteiger partial charge >= 0.3 is 11.4 Å². The monoisotopic (exact) mass is 574 g/mol. The first-order valence-corrected chi connectivity index (χ1v) is 16.1. The van der Waals surface area contributed by atoms with Crippen LogP contribution in [0, 0.1) is 0 Å². The van der Waals surface area contributed by atoms with E-state index < -0.39 is 33.5 Å². The highest BCUT2D eigenvalue weighted by atomic mass is 32.2. The van der Waals surface area contributed by atoms with Gasteiger partial charge in [-0.1, -0.05) is 85.8 Å². The molecule has 2 aliphatic rings. The molecule has 4 atom stereocenters. The molecule has 2 aliphatic heterocycles. The standard InChI is InChI=1S/C30H30N4O4S2/c1-3-39-27-19-24(21-13-7-4-8-14-21)28-26(34(27)40(2,37)38)20-25(22-15-9-5-10-16-22)32-29(35)31(30(36)33(28)32)23-17-11-6-12-18-23/h4-18,20,24-25,27-28H,3,19H2,1-2H3/t24-,25-,27-,28-/m1/s1. The minimum absolute atomic E-state index is 0.235. The van der Waals surface area contributed by atoms with Crippen LogP contribution in [-0.4, -0.2) is 44.0 Å². The summed E-state index contributed by atoms with van der Waals surface area (Å²) in [5.41, 5.74) is 1.79. The average molecular weight is 575 g/mol. The van der Waals surface area contributed by atoms with E-state index in [4.69, 9.17) is 0 Å². The van der Waals surface area contributed by atoms with Crippen molar-refractivity contribution >= 4 is 21.8 Å². The maximum atomic E-state index is 14.3. The first kappa shape index (κ1) is 26.5. The lowest BCUT2D eigenvalue weighted by Crippen LogP contribution is -2.52. The Kier molecular flexibility index (Phi) is 6.83. The smallest absolute Gasteiger partial charge is 0.259 e. The van der Waals surface area contributed by atoms with E-state index in [1.807, 2.05) is 79.7 Å². The van der Waals surface area contributed by atoms with Crippen molar-refractivity contribution in [2.75, 3.05) is 12.0 Å². The molecule has 1 aromatic heterocycles. The molecule has 1 saturated heterocycles. The molecule has 0 N–H and O–H groups in total. The van der Waals surface area contributed by atoms with Crippen molar-refractivity contribution in [2.24, 2.45) is 0 Å². The van der Waals surface area contributed by atoms with Crippen molar-refractivity contribution in [2.45, 2.75) is 36.7 Å². The molecule has 8 nitrogen and oxygen atoms in total. The van der Waals surface area contributed by atoms with E-state index in [-0.39, 0.29) is 11.3 Å². The van der Waals surface area contributed by atoms with Crippen molar-refractivity contribution in [3.05, 3.63) is 135 Å². The summed E-state index contributed by atoms with van der Waals surface area (Å²) in [4.78, 5) is 28.4. The normalized spacial score (nSPS) is 22.4. The predicted molar refractivity (Wildman–Crippen MR) is 158 cm³/mol. The van der Waals surface area contributed by atoms with Gasteiger partial charge in [-0.3, -0.25) is 4.31 Å². The van der Waals surface area contributed by atoms with Crippen LogP contribution < -0.4 is 11.4 Å². The van der Waals surface area contributed by atoms with E-state index >= 15 is 0 Å². The Morgan fingerprint density at radius 3 is 1.93 bits per heavy atom. The number of allylic oxidation sites excluding steroid dienone is 2. The van der Waals surface area contributed by atoms with Crippen molar-refractivity contribution in [1.82, 2.24) is 18.2 Å². The zero-order valence-electron chi connectivity index (χ0n) is 22.2. The maximum absolute atomic E-state index is 14.3. The molecule has 3 aromatic carbocycles. The van der Waals surface area contributed by atoms with Crippen LogP contribution in [0.3, 0.4) is 0 Å². The molecular weight excluding hydrogens is 544 g/mol. The third kappa shape index (κ3) is 4.35. The van der Waals surface area contributed by atoms with Crippen LogP contribution in [-0.2, 0) is 10.0 Å². The number of para-hydroxylation sites is 1. The van der Waals surface area contributed by atoms with Gasteiger partial charge in [0.25, 0.3) is 0 Å². The van der Waals surface area contributed by atoms with E-state index in [9.17, 15) is 18.0 Å². The molecule has 40 heavy (non-hydrogen) atoms. The minimum atomic E-state index is -3.72. The molecule has 0 amide bonds. The van der Waals surface area contributed by atoms with Gasteiger partial charge in [0.2, 0.25) is 10.0 Å². The topological polar surface area (TPSA) is 86.3 Å². The molecule has 1 fully saturated rings. The number of hydrogen-bond acceptors (Lipinski definition) is 5. The molecular formula is C30H30N4O4S2.